The molecule has 2 aliphatic rings. The average molecular weight is 182 g/mol. The molecule has 1 heterocycles. The van der Waals surface area contributed by atoms with Gasteiger partial charge in [-0.25, -0.2) is 4.79 Å². The van der Waals surface area contributed by atoms with Gasteiger partial charge in [0.1, 0.15) is 0 Å². The molecule has 3 amide bonds. The fourth-order valence-corrected chi connectivity index (χ4v) is 1.82. The molecule has 2 fully saturated rings. The first-order valence-electron chi connectivity index (χ1n) is 4.33. The Kier molecular flexibility index (Phi) is 1.79. The molecule has 5 nitrogen and oxygen atoms in total. The predicted molar refractivity (Wildman–Crippen MR) is 42.9 cm³/mol. The second-order valence-corrected chi connectivity index (χ2v) is 3.30. The van der Waals surface area contributed by atoms with E-state index < -0.39 is 12.1 Å². The maximum absolute atomic E-state index is 11.3. The highest BCUT2D eigenvalue weighted by atomic mass is 16.2. The van der Waals surface area contributed by atoms with E-state index >= 15 is 0 Å². The van der Waals surface area contributed by atoms with Gasteiger partial charge in [0.15, 0.2) is 5.78 Å². The van der Waals surface area contributed by atoms with Gasteiger partial charge in [0.05, 0.1) is 12.6 Å². The van der Waals surface area contributed by atoms with Gasteiger partial charge in [-0.05, 0) is 12.8 Å². The van der Waals surface area contributed by atoms with Gasteiger partial charge in [-0.1, -0.05) is 0 Å². The molecule has 0 bridgehead atoms. The highest BCUT2D eigenvalue weighted by Crippen LogP contribution is 2.21. The molecule has 0 radical (unpaired) electrons. The molecular weight excluding hydrogens is 172 g/mol. The van der Waals surface area contributed by atoms with Crippen LogP contribution in [0, 0.1) is 0 Å². The second kappa shape index (κ2) is 2.83. The first kappa shape index (κ1) is 8.22. The molecule has 1 aliphatic carbocycles. The Morgan fingerprint density at radius 3 is 2.54 bits per heavy atom. The number of ketones is 1. The Labute approximate surface area is 75.1 Å². The lowest BCUT2D eigenvalue weighted by Gasteiger charge is -2.18. The van der Waals surface area contributed by atoms with E-state index in [1.807, 2.05) is 0 Å². The van der Waals surface area contributed by atoms with Crippen LogP contribution in [0.5, 0.6) is 0 Å². The summed E-state index contributed by atoms with van der Waals surface area (Å²) in [5, 5.41) is 2.40. The number of nitrogens with one attached hydrogen (secondary N) is 1. The lowest BCUT2D eigenvalue weighted by molar-refractivity contribution is -0.132. The van der Waals surface area contributed by atoms with E-state index in [4.69, 9.17) is 0 Å². The van der Waals surface area contributed by atoms with E-state index in [1.165, 1.54) is 0 Å². The minimum Gasteiger partial charge on any atom is -0.329 e. The van der Waals surface area contributed by atoms with Crippen LogP contribution in [0.15, 0.2) is 0 Å². The second-order valence-electron chi connectivity index (χ2n) is 3.30. The van der Waals surface area contributed by atoms with Crippen molar-refractivity contribution in [3.05, 3.63) is 0 Å². The van der Waals surface area contributed by atoms with Gasteiger partial charge < -0.3 is 5.32 Å². The third kappa shape index (κ3) is 1.20. The molecule has 0 aromatic heterocycles. The highest BCUT2D eigenvalue weighted by molar-refractivity contribution is 6.06. The van der Waals surface area contributed by atoms with Crippen molar-refractivity contribution in [1.82, 2.24) is 10.2 Å². The van der Waals surface area contributed by atoms with Crippen LogP contribution in [-0.2, 0) is 9.59 Å². The zero-order valence-electron chi connectivity index (χ0n) is 7.08. The van der Waals surface area contributed by atoms with Crippen molar-refractivity contribution < 1.29 is 14.4 Å². The predicted octanol–water partition coefficient (Wildman–Crippen LogP) is -0.340. The molecule has 2 rings (SSSR count). The number of hydrogen-bond acceptors (Lipinski definition) is 3. The van der Waals surface area contributed by atoms with Gasteiger partial charge in [0.25, 0.3) is 5.91 Å². The van der Waals surface area contributed by atoms with Crippen molar-refractivity contribution >= 4 is 17.7 Å². The third-order valence-corrected chi connectivity index (χ3v) is 2.46. The summed E-state index contributed by atoms with van der Waals surface area (Å²) < 4.78 is 0. The summed E-state index contributed by atoms with van der Waals surface area (Å²) in [7, 11) is 0. The van der Waals surface area contributed by atoms with Crippen LogP contribution in [0.3, 0.4) is 0 Å². The number of amides is 3. The molecule has 1 N–H and O–H groups in total. The summed E-state index contributed by atoms with van der Waals surface area (Å²) in [5.41, 5.74) is 0. The molecular formula is C8H10N2O3. The van der Waals surface area contributed by atoms with E-state index in [0.717, 1.165) is 11.3 Å². The lowest BCUT2D eigenvalue weighted by Crippen LogP contribution is -2.42. The Morgan fingerprint density at radius 1 is 1.31 bits per heavy atom. The number of nitrogens with zero attached hydrogens (tertiary/aromatic N) is 1. The Bertz CT molecular complexity index is 271. The van der Waals surface area contributed by atoms with Crippen molar-refractivity contribution in [3.8, 4) is 0 Å². The molecule has 1 aliphatic heterocycles. The molecule has 1 atom stereocenters. The van der Waals surface area contributed by atoms with Crippen molar-refractivity contribution in [3.63, 3.8) is 0 Å². The summed E-state index contributed by atoms with van der Waals surface area (Å²) in [4.78, 5) is 34.7. The van der Waals surface area contributed by atoms with E-state index in [9.17, 15) is 14.4 Å². The van der Waals surface area contributed by atoms with Crippen LogP contribution in [0.2, 0.25) is 0 Å². The zero-order chi connectivity index (χ0) is 9.42. The fraction of sp³-hybridized carbons (Fsp3) is 0.625. The number of hydrogen-bond donors (Lipinski definition) is 1. The molecule has 1 unspecified atom stereocenters. The summed E-state index contributed by atoms with van der Waals surface area (Å²) in [6.45, 7) is 0.0304. The van der Waals surface area contributed by atoms with Crippen LogP contribution < -0.4 is 5.32 Å². The van der Waals surface area contributed by atoms with Gasteiger partial charge in [0.2, 0.25) is 0 Å². The van der Waals surface area contributed by atoms with E-state index in [2.05, 4.69) is 5.32 Å². The van der Waals surface area contributed by atoms with Crippen molar-refractivity contribution in [2.45, 2.75) is 25.3 Å². The summed E-state index contributed by atoms with van der Waals surface area (Å²) in [6.07, 6.45) is 1.89. The number of Topliss-reactive ketones (excluding diaryl/α,β-unsaturated/α-hetero) is 1. The Hall–Kier alpha value is -1.39. The van der Waals surface area contributed by atoms with Crippen LogP contribution in [0.4, 0.5) is 4.79 Å². The number of carbonyl (C=O) groups is 3. The van der Waals surface area contributed by atoms with E-state index in [0.29, 0.717) is 12.8 Å². The SMILES string of the molecule is O=C1CCCC1N1C(=O)CNC1=O. The zero-order valence-corrected chi connectivity index (χ0v) is 7.08. The smallest absolute Gasteiger partial charge is 0.325 e. The number of rotatable bonds is 1. The van der Waals surface area contributed by atoms with Gasteiger partial charge in [-0.2, -0.15) is 0 Å². The standard InChI is InChI=1S/C8H10N2O3/c11-6-3-1-2-5(6)10-7(12)4-9-8(10)13/h5H,1-4H2,(H,9,13). The maximum Gasteiger partial charge on any atom is 0.325 e. The maximum atomic E-state index is 11.3. The third-order valence-electron chi connectivity index (χ3n) is 2.46. The van der Waals surface area contributed by atoms with Crippen molar-refractivity contribution in [2.75, 3.05) is 6.54 Å². The summed E-state index contributed by atoms with van der Waals surface area (Å²) in [6, 6.07) is -0.916. The molecule has 0 spiro atoms. The van der Waals surface area contributed by atoms with Gasteiger partial charge in [-0.3, -0.25) is 14.5 Å². The quantitative estimate of drug-likeness (QED) is 0.564. The number of urea groups is 1. The van der Waals surface area contributed by atoms with Gasteiger partial charge in [0, 0.05) is 6.42 Å². The topological polar surface area (TPSA) is 66.5 Å². The number of imide groups is 1. The molecule has 1 saturated carbocycles. The Morgan fingerprint density at radius 2 is 2.08 bits per heavy atom. The Balaban J connectivity index is 2.19. The largest absolute Gasteiger partial charge is 0.329 e. The van der Waals surface area contributed by atoms with E-state index in [1.54, 1.807) is 0 Å². The van der Waals surface area contributed by atoms with Crippen molar-refractivity contribution in [2.24, 2.45) is 0 Å². The minimum absolute atomic E-state index is 0.00500. The highest BCUT2D eigenvalue weighted by Gasteiger charge is 2.40. The molecule has 5 heteroatoms. The molecule has 13 heavy (non-hydrogen) atoms. The molecule has 70 valence electrons. The van der Waals surface area contributed by atoms with Crippen molar-refractivity contribution in [1.29, 1.82) is 0 Å². The summed E-state index contributed by atoms with van der Waals surface area (Å²) in [5.74, 6) is -0.282. The summed E-state index contributed by atoms with van der Waals surface area (Å²) >= 11 is 0. The normalized spacial score (nSPS) is 28.5. The van der Waals surface area contributed by atoms with Crippen LogP contribution >= 0.6 is 0 Å². The monoisotopic (exact) mass is 182 g/mol. The number of carbonyl (C=O) groups excluding carboxylic acids is 3. The van der Waals surface area contributed by atoms with Crippen LogP contribution in [0.1, 0.15) is 19.3 Å². The molecule has 0 aromatic carbocycles. The average Bonchev–Trinajstić information content (AvgIpc) is 2.60. The van der Waals surface area contributed by atoms with Crippen LogP contribution in [-0.4, -0.2) is 35.2 Å². The lowest BCUT2D eigenvalue weighted by atomic mass is 10.2. The first-order chi connectivity index (χ1) is 6.20. The molecule has 0 aromatic rings. The fourth-order valence-electron chi connectivity index (χ4n) is 1.82. The van der Waals surface area contributed by atoms with Crippen LogP contribution in [0.25, 0.3) is 0 Å². The molecule has 1 saturated heterocycles. The van der Waals surface area contributed by atoms with Gasteiger partial charge in [-0.15, -0.1) is 0 Å². The minimum atomic E-state index is -0.491. The first-order valence-corrected chi connectivity index (χ1v) is 4.33. The van der Waals surface area contributed by atoms with E-state index in [-0.39, 0.29) is 18.2 Å². The van der Waals surface area contributed by atoms with Gasteiger partial charge >= 0.3 is 6.03 Å².